The van der Waals surface area contributed by atoms with Crippen molar-refractivity contribution in [2.24, 2.45) is 5.73 Å². The van der Waals surface area contributed by atoms with Gasteiger partial charge in [0.2, 0.25) is 0 Å². The number of hydrogen-bond donors (Lipinski definition) is 3. The van der Waals surface area contributed by atoms with Crippen LogP contribution in [0.4, 0.5) is 23.7 Å². The van der Waals surface area contributed by atoms with Crippen LogP contribution in [0.2, 0.25) is 0 Å². The van der Waals surface area contributed by atoms with Crippen molar-refractivity contribution < 1.29 is 18.0 Å². The van der Waals surface area contributed by atoms with E-state index >= 15 is 0 Å². The van der Waals surface area contributed by atoms with Gasteiger partial charge in [-0.1, -0.05) is 19.1 Å². The summed E-state index contributed by atoms with van der Waals surface area (Å²) < 4.78 is 38.1. The van der Waals surface area contributed by atoms with Crippen LogP contribution in [0.25, 0.3) is 0 Å². The van der Waals surface area contributed by atoms with E-state index in [2.05, 4.69) is 10.6 Å². The molecule has 0 aliphatic carbocycles. The lowest BCUT2D eigenvalue weighted by atomic mass is 10.1. The number of nitrogens with one attached hydrogen (secondary N) is 2. The highest BCUT2D eigenvalue weighted by molar-refractivity contribution is 5.90. The summed E-state index contributed by atoms with van der Waals surface area (Å²) in [6.45, 7) is 2.05. The quantitative estimate of drug-likeness (QED) is 0.790. The van der Waals surface area contributed by atoms with Gasteiger partial charge in [0.15, 0.2) is 0 Å². The van der Waals surface area contributed by atoms with Crippen LogP contribution in [-0.2, 0) is 6.18 Å². The first-order chi connectivity index (χ1) is 8.88. The number of para-hydroxylation sites is 1. The van der Waals surface area contributed by atoms with Crippen LogP contribution in [0.3, 0.4) is 0 Å². The molecule has 1 aromatic carbocycles. The van der Waals surface area contributed by atoms with Crippen LogP contribution in [0.15, 0.2) is 24.3 Å². The highest BCUT2D eigenvalue weighted by Gasteiger charge is 2.33. The maximum Gasteiger partial charge on any atom is 0.418 e. The zero-order valence-electron chi connectivity index (χ0n) is 10.4. The fourth-order valence-corrected chi connectivity index (χ4v) is 1.51. The molecular formula is C12H16F3N3O. The lowest BCUT2D eigenvalue weighted by Crippen LogP contribution is -2.42. The number of urea groups is 1. The van der Waals surface area contributed by atoms with Crippen LogP contribution in [-0.4, -0.2) is 18.6 Å². The van der Waals surface area contributed by atoms with Crippen molar-refractivity contribution in [3.63, 3.8) is 0 Å². The Bertz CT molecular complexity index is 430. The van der Waals surface area contributed by atoms with Gasteiger partial charge in [0.05, 0.1) is 11.3 Å². The number of nitrogens with two attached hydrogens (primary N) is 1. The molecule has 0 radical (unpaired) electrons. The molecule has 0 fully saturated rings. The normalized spacial score (nSPS) is 12.9. The third kappa shape index (κ3) is 4.44. The van der Waals surface area contributed by atoms with Crippen LogP contribution in [0.5, 0.6) is 0 Å². The summed E-state index contributed by atoms with van der Waals surface area (Å²) in [6, 6.07) is 3.83. The summed E-state index contributed by atoms with van der Waals surface area (Å²) in [7, 11) is 0. The Morgan fingerprint density at radius 2 is 2.00 bits per heavy atom. The Balaban J connectivity index is 2.80. The van der Waals surface area contributed by atoms with Gasteiger partial charge in [-0.15, -0.1) is 0 Å². The van der Waals surface area contributed by atoms with Crippen molar-refractivity contribution in [3.8, 4) is 0 Å². The number of anilines is 1. The van der Waals surface area contributed by atoms with E-state index in [0.29, 0.717) is 6.42 Å². The van der Waals surface area contributed by atoms with E-state index in [4.69, 9.17) is 5.73 Å². The van der Waals surface area contributed by atoms with Gasteiger partial charge >= 0.3 is 12.2 Å². The van der Waals surface area contributed by atoms with E-state index in [1.54, 1.807) is 0 Å². The Labute approximate surface area is 109 Å². The third-order valence-electron chi connectivity index (χ3n) is 2.59. The monoisotopic (exact) mass is 275 g/mol. The van der Waals surface area contributed by atoms with E-state index in [1.807, 2.05) is 6.92 Å². The van der Waals surface area contributed by atoms with Crippen LogP contribution < -0.4 is 16.4 Å². The van der Waals surface area contributed by atoms with Gasteiger partial charge in [0.1, 0.15) is 0 Å². The van der Waals surface area contributed by atoms with Crippen molar-refractivity contribution in [1.29, 1.82) is 0 Å². The molecule has 0 spiro atoms. The minimum atomic E-state index is -4.51. The van der Waals surface area contributed by atoms with Gasteiger partial charge in [-0.2, -0.15) is 13.2 Å². The zero-order chi connectivity index (χ0) is 14.5. The molecule has 2 amide bonds. The lowest BCUT2D eigenvalue weighted by molar-refractivity contribution is -0.136. The van der Waals surface area contributed by atoms with E-state index in [0.717, 1.165) is 6.07 Å². The number of hydrogen-bond acceptors (Lipinski definition) is 2. The molecular weight excluding hydrogens is 259 g/mol. The smallest absolute Gasteiger partial charge is 0.334 e. The minimum absolute atomic E-state index is 0.227. The second-order valence-corrected chi connectivity index (χ2v) is 3.98. The lowest BCUT2D eigenvalue weighted by Gasteiger charge is -2.17. The fraction of sp³-hybridized carbons (Fsp3) is 0.417. The van der Waals surface area contributed by atoms with Crippen molar-refractivity contribution in [1.82, 2.24) is 5.32 Å². The van der Waals surface area contributed by atoms with Crippen molar-refractivity contribution in [2.45, 2.75) is 25.6 Å². The largest absolute Gasteiger partial charge is 0.418 e. The van der Waals surface area contributed by atoms with Gasteiger partial charge in [-0.25, -0.2) is 4.79 Å². The minimum Gasteiger partial charge on any atom is -0.334 e. The summed E-state index contributed by atoms with van der Waals surface area (Å²) in [5.74, 6) is 0. The van der Waals surface area contributed by atoms with E-state index in [1.165, 1.54) is 18.2 Å². The molecule has 0 heterocycles. The Hall–Kier alpha value is -1.76. The first-order valence-corrected chi connectivity index (χ1v) is 5.82. The molecule has 4 N–H and O–H groups in total. The molecule has 0 aliphatic heterocycles. The predicted octanol–water partition coefficient (Wildman–Crippen LogP) is 2.56. The molecule has 0 aliphatic rings. The maximum absolute atomic E-state index is 12.7. The summed E-state index contributed by atoms with van der Waals surface area (Å²) in [6.07, 6.45) is -3.91. The number of alkyl halides is 3. The number of carbonyl (C=O) groups excluding carboxylic acids is 1. The molecule has 0 saturated carbocycles. The van der Waals surface area contributed by atoms with Gasteiger partial charge in [-0.3, -0.25) is 0 Å². The molecule has 0 saturated heterocycles. The highest BCUT2D eigenvalue weighted by atomic mass is 19.4. The fourth-order valence-electron chi connectivity index (χ4n) is 1.51. The average molecular weight is 275 g/mol. The molecule has 1 aromatic rings. The Morgan fingerprint density at radius 3 is 2.53 bits per heavy atom. The Morgan fingerprint density at radius 1 is 1.37 bits per heavy atom. The molecule has 7 heteroatoms. The maximum atomic E-state index is 12.7. The summed E-state index contributed by atoms with van der Waals surface area (Å²) >= 11 is 0. The topological polar surface area (TPSA) is 67.1 Å². The first kappa shape index (κ1) is 15.3. The van der Waals surface area contributed by atoms with Gasteiger partial charge < -0.3 is 16.4 Å². The number of rotatable bonds is 4. The van der Waals surface area contributed by atoms with Crippen LogP contribution in [0, 0.1) is 0 Å². The van der Waals surface area contributed by atoms with Crippen LogP contribution in [0.1, 0.15) is 18.9 Å². The standard InChI is InChI=1S/C12H16F3N3O/c1-2-8(7-16)17-11(19)18-10-6-4-3-5-9(10)12(13,14)15/h3-6,8H,2,7,16H2,1H3,(H2,17,18,19). The molecule has 19 heavy (non-hydrogen) atoms. The molecule has 1 rings (SSSR count). The summed E-state index contributed by atoms with van der Waals surface area (Å²) in [5, 5.41) is 4.69. The molecule has 106 valence electrons. The van der Waals surface area contributed by atoms with Crippen LogP contribution >= 0.6 is 0 Å². The first-order valence-electron chi connectivity index (χ1n) is 5.82. The number of amides is 2. The van der Waals surface area contributed by atoms with Crippen molar-refractivity contribution in [3.05, 3.63) is 29.8 Å². The predicted molar refractivity (Wildman–Crippen MR) is 66.7 cm³/mol. The average Bonchev–Trinajstić information content (AvgIpc) is 2.35. The second kappa shape index (κ2) is 6.42. The molecule has 4 nitrogen and oxygen atoms in total. The van der Waals surface area contributed by atoms with Crippen molar-refractivity contribution >= 4 is 11.7 Å². The van der Waals surface area contributed by atoms with E-state index < -0.39 is 17.8 Å². The zero-order valence-corrected chi connectivity index (χ0v) is 10.4. The second-order valence-electron chi connectivity index (χ2n) is 3.98. The molecule has 0 bridgehead atoms. The van der Waals surface area contributed by atoms with Gasteiger partial charge in [0.25, 0.3) is 0 Å². The van der Waals surface area contributed by atoms with Gasteiger partial charge in [0, 0.05) is 12.6 Å². The molecule has 1 atom stereocenters. The number of benzene rings is 1. The van der Waals surface area contributed by atoms with E-state index in [-0.39, 0.29) is 18.3 Å². The highest BCUT2D eigenvalue weighted by Crippen LogP contribution is 2.34. The van der Waals surface area contributed by atoms with Gasteiger partial charge in [-0.05, 0) is 18.6 Å². The Kier molecular flexibility index (Phi) is 5.17. The molecule has 0 aromatic heterocycles. The van der Waals surface area contributed by atoms with E-state index in [9.17, 15) is 18.0 Å². The summed E-state index contributed by atoms with van der Waals surface area (Å²) in [4.78, 5) is 11.6. The summed E-state index contributed by atoms with van der Waals surface area (Å²) in [5.41, 5.74) is 4.24. The number of carbonyl (C=O) groups is 1. The number of halogens is 3. The molecule has 1 unspecified atom stereocenters. The SMILES string of the molecule is CCC(CN)NC(=O)Nc1ccccc1C(F)(F)F. The third-order valence-corrected chi connectivity index (χ3v) is 2.59. The van der Waals surface area contributed by atoms with Crippen molar-refractivity contribution in [2.75, 3.05) is 11.9 Å².